The second kappa shape index (κ2) is 5.92. The molecule has 18 heavy (non-hydrogen) atoms. The number of hydrogen-bond donors (Lipinski definition) is 2. The monoisotopic (exact) mass is 252 g/mol. The molecule has 0 aliphatic heterocycles. The predicted molar refractivity (Wildman–Crippen MR) is 78.0 cm³/mol. The fourth-order valence-electron chi connectivity index (χ4n) is 3.87. The van der Waals surface area contributed by atoms with Crippen molar-refractivity contribution in [1.82, 2.24) is 5.43 Å². The normalized spacial score (nSPS) is 32.0. The summed E-state index contributed by atoms with van der Waals surface area (Å²) in [6, 6.07) is 0.580. The van der Waals surface area contributed by atoms with Crippen LogP contribution in [0.5, 0.6) is 0 Å². The Kier molecular flexibility index (Phi) is 4.71. The molecule has 2 aliphatic rings. The van der Waals surface area contributed by atoms with Gasteiger partial charge in [-0.25, -0.2) is 0 Å². The van der Waals surface area contributed by atoms with E-state index in [0.29, 0.717) is 11.5 Å². The highest BCUT2D eigenvalue weighted by Crippen LogP contribution is 2.42. The van der Waals surface area contributed by atoms with Crippen LogP contribution in [0.2, 0.25) is 0 Å². The lowest BCUT2D eigenvalue weighted by Crippen LogP contribution is -2.44. The molecule has 0 aromatic heterocycles. The minimum Gasteiger partial charge on any atom is -0.271 e. The van der Waals surface area contributed by atoms with Gasteiger partial charge in [-0.3, -0.25) is 11.3 Å². The van der Waals surface area contributed by atoms with E-state index in [0.717, 1.165) is 17.8 Å². The first-order valence-corrected chi connectivity index (χ1v) is 7.97. The molecule has 2 nitrogen and oxygen atoms in total. The highest BCUT2D eigenvalue weighted by molar-refractivity contribution is 4.87. The minimum atomic E-state index is 0.491. The Balaban J connectivity index is 1.79. The van der Waals surface area contributed by atoms with Crippen molar-refractivity contribution >= 4 is 0 Å². The standard InChI is InChI=1S/C16H32N2/c1-16(2,3)14-9-7-13(8-10-14)15(18-17)11-12-5-4-6-12/h12-15,18H,4-11,17H2,1-3H3. The van der Waals surface area contributed by atoms with Gasteiger partial charge in [0.25, 0.3) is 0 Å². The third-order valence-corrected chi connectivity index (χ3v) is 5.59. The lowest BCUT2D eigenvalue weighted by Gasteiger charge is -2.40. The van der Waals surface area contributed by atoms with Crippen molar-refractivity contribution in [2.24, 2.45) is 29.0 Å². The van der Waals surface area contributed by atoms with E-state index in [-0.39, 0.29) is 0 Å². The fraction of sp³-hybridized carbons (Fsp3) is 1.00. The highest BCUT2D eigenvalue weighted by atomic mass is 15.2. The minimum absolute atomic E-state index is 0.491. The third-order valence-electron chi connectivity index (χ3n) is 5.59. The van der Waals surface area contributed by atoms with Gasteiger partial charge >= 0.3 is 0 Å². The Bertz CT molecular complexity index is 244. The van der Waals surface area contributed by atoms with Gasteiger partial charge in [0.15, 0.2) is 0 Å². The molecule has 2 rings (SSSR count). The van der Waals surface area contributed by atoms with Crippen molar-refractivity contribution in [2.75, 3.05) is 0 Å². The summed E-state index contributed by atoms with van der Waals surface area (Å²) in [4.78, 5) is 0. The SMILES string of the molecule is CC(C)(C)C1CCC(C(CC2CCC2)NN)CC1. The number of nitrogens with one attached hydrogen (secondary N) is 1. The third kappa shape index (κ3) is 3.48. The summed E-state index contributed by atoms with van der Waals surface area (Å²) < 4.78 is 0. The number of nitrogens with two attached hydrogens (primary N) is 1. The molecule has 1 unspecified atom stereocenters. The van der Waals surface area contributed by atoms with E-state index >= 15 is 0 Å². The Morgan fingerprint density at radius 2 is 1.67 bits per heavy atom. The van der Waals surface area contributed by atoms with E-state index in [2.05, 4.69) is 26.2 Å². The second-order valence-corrected chi connectivity index (χ2v) is 7.78. The Hall–Kier alpha value is -0.0800. The Morgan fingerprint density at radius 3 is 2.06 bits per heavy atom. The van der Waals surface area contributed by atoms with E-state index in [1.807, 2.05) is 0 Å². The van der Waals surface area contributed by atoms with Crippen LogP contribution in [0.1, 0.15) is 72.1 Å². The summed E-state index contributed by atoms with van der Waals surface area (Å²) in [6.07, 6.45) is 11.2. The van der Waals surface area contributed by atoms with E-state index in [1.54, 1.807) is 0 Å². The molecule has 3 N–H and O–H groups in total. The molecule has 0 spiro atoms. The molecule has 0 aromatic rings. The lowest BCUT2D eigenvalue weighted by atomic mass is 9.67. The maximum absolute atomic E-state index is 5.80. The largest absolute Gasteiger partial charge is 0.271 e. The van der Waals surface area contributed by atoms with Crippen LogP contribution < -0.4 is 11.3 Å². The molecule has 0 amide bonds. The zero-order valence-corrected chi connectivity index (χ0v) is 12.5. The molecule has 0 saturated heterocycles. The molecule has 2 saturated carbocycles. The maximum atomic E-state index is 5.80. The zero-order valence-electron chi connectivity index (χ0n) is 12.5. The summed E-state index contributed by atoms with van der Waals surface area (Å²) in [5.41, 5.74) is 3.62. The highest BCUT2D eigenvalue weighted by Gasteiger charge is 2.33. The van der Waals surface area contributed by atoms with Gasteiger partial charge in [-0.1, -0.05) is 40.0 Å². The van der Waals surface area contributed by atoms with Crippen LogP contribution in [-0.2, 0) is 0 Å². The lowest BCUT2D eigenvalue weighted by molar-refractivity contribution is 0.119. The molecule has 2 fully saturated rings. The van der Waals surface area contributed by atoms with Crippen molar-refractivity contribution in [3.8, 4) is 0 Å². The van der Waals surface area contributed by atoms with Crippen molar-refractivity contribution < 1.29 is 0 Å². The number of hydrogen-bond acceptors (Lipinski definition) is 2. The van der Waals surface area contributed by atoms with E-state index in [4.69, 9.17) is 5.84 Å². The first-order chi connectivity index (χ1) is 8.50. The van der Waals surface area contributed by atoms with Gasteiger partial charge in [0, 0.05) is 6.04 Å². The molecule has 106 valence electrons. The molecule has 2 aliphatic carbocycles. The Morgan fingerprint density at radius 1 is 1.06 bits per heavy atom. The van der Waals surface area contributed by atoms with Gasteiger partial charge < -0.3 is 0 Å². The van der Waals surface area contributed by atoms with E-state index in [9.17, 15) is 0 Å². The summed E-state index contributed by atoms with van der Waals surface area (Å²) in [5, 5.41) is 0. The predicted octanol–water partition coefficient (Wildman–Crippen LogP) is 3.86. The number of hydrazine groups is 1. The Labute approximate surface area is 113 Å². The molecule has 1 atom stereocenters. The second-order valence-electron chi connectivity index (χ2n) is 7.78. The van der Waals surface area contributed by atoms with Gasteiger partial charge in [-0.2, -0.15) is 0 Å². The van der Waals surface area contributed by atoms with Crippen LogP contribution in [0, 0.1) is 23.2 Å². The zero-order chi connectivity index (χ0) is 13.2. The molecular formula is C16H32N2. The summed E-state index contributed by atoms with van der Waals surface area (Å²) in [6.45, 7) is 7.18. The summed E-state index contributed by atoms with van der Waals surface area (Å²) in [5.74, 6) is 8.51. The van der Waals surface area contributed by atoms with Crippen molar-refractivity contribution in [3.05, 3.63) is 0 Å². The smallest absolute Gasteiger partial charge is 0.0241 e. The fourth-order valence-corrected chi connectivity index (χ4v) is 3.87. The number of rotatable bonds is 4. The molecule has 0 bridgehead atoms. The van der Waals surface area contributed by atoms with Crippen LogP contribution in [-0.4, -0.2) is 6.04 Å². The molecule has 0 aromatic carbocycles. The topological polar surface area (TPSA) is 38.0 Å². The summed E-state index contributed by atoms with van der Waals surface area (Å²) >= 11 is 0. The van der Waals surface area contributed by atoms with Crippen LogP contribution in [0.4, 0.5) is 0 Å². The van der Waals surface area contributed by atoms with Crippen LogP contribution >= 0.6 is 0 Å². The molecule has 2 heteroatoms. The van der Waals surface area contributed by atoms with E-state index in [1.165, 1.54) is 51.4 Å². The maximum Gasteiger partial charge on any atom is 0.0241 e. The first-order valence-electron chi connectivity index (χ1n) is 7.97. The van der Waals surface area contributed by atoms with Crippen LogP contribution in [0.3, 0.4) is 0 Å². The first kappa shape index (κ1) is 14.3. The molecular weight excluding hydrogens is 220 g/mol. The van der Waals surface area contributed by atoms with Crippen LogP contribution in [0.15, 0.2) is 0 Å². The molecule has 0 heterocycles. The van der Waals surface area contributed by atoms with Gasteiger partial charge in [0.2, 0.25) is 0 Å². The van der Waals surface area contributed by atoms with Crippen molar-refractivity contribution in [3.63, 3.8) is 0 Å². The average Bonchev–Trinajstić information content (AvgIpc) is 2.27. The van der Waals surface area contributed by atoms with Gasteiger partial charge in [-0.05, 0) is 55.3 Å². The van der Waals surface area contributed by atoms with Crippen LogP contribution in [0.25, 0.3) is 0 Å². The van der Waals surface area contributed by atoms with Gasteiger partial charge in [0.1, 0.15) is 0 Å². The average molecular weight is 252 g/mol. The van der Waals surface area contributed by atoms with Gasteiger partial charge in [0.05, 0.1) is 0 Å². The van der Waals surface area contributed by atoms with Crippen molar-refractivity contribution in [2.45, 2.75) is 78.2 Å². The van der Waals surface area contributed by atoms with Crippen molar-refractivity contribution in [1.29, 1.82) is 0 Å². The quantitative estimate of drug-likeness (QED) is 0.589. The van der Waals surface area contributed by atoms with E-state index < -0.39 is 0 Å². The summed E-state index contributed by atoms with van der Waals surface area (Å²) in [7, 11) is 0. The van der Waals surface area contributed by atoms with Gasteiger partial charge in [-0.15, -0.1) is 0 Å². The molecule has 0 radical (unpaired) electrons.